The van der Waals surface area contributed by atoms with Crippen molar-refractivity contribution >= 4 is 62.4 Å². The van der Waals surface area contributed by atoms with Crippen molar-refractivity contribution in [3.8, 4) is 22.3 Å². The minimum atomic E-state index is -0.313. The summed E-state index contributed by atoms with van der Waals surface area (Å²) < 4.78 is 0. The first-order valence-electron chi connectivity index (χ1n) is 15.6. The van der Waals surface area contributed by atoms with E-state index in [4.69, 9.17) is 0 Å². The molecule has 0 atom stereocenters. The van der Waals surface area contributed by atoms with Gasteiger partial charge < -0.3 is 0 Å². The van der Waals surface area contributed by atoms with Crippen molar-refractivity contribution in [3.05, 3.63) is 168 Å². The molecule has 0 spiro atoms. The molecule has 0 unspecified atom stereocenters. The lowest BCUT2D eigenvalue weighted by Gasteiger charge is -2.35. The molecule has 1 aliphatic carbocycles. The molecule has 0 heterocycles. The van der Waals surface area contributed by atoms with E-state index in [-0.39, 0.29) is 24.7 Å². The Morgan fingerprint density at radius 2 is 0.761 bits per heavy atom. The highest BCUT2D eigenvalue weighted by molar-refractivity contribution is 7.59. The molecule has 0 aromatic heterocycles. The van der Waals surface area contributed by atoms with E-state index in [1.54, 1.807) is 0 Å². The summed E-state index contributed by atoms with van der Waals surface area (Å²) in [5.41, 5.74) is 7.88. The van der Waals surface area contributed by atoms with Gasteiger partial charge in [0.15, 0.2) is 5.78 Å². The third-order valence-electron chi connectivity index (χ3n) is 10.0. The van der Waals surface area contributed by atoms with Gasteiger partial charge in [-0.3, -0.25) is 4.79 Å². The van der Waals surface area contributed by atoms with Gasteiger partial charge in [-0.15, -0.1) is 0 Å². The molecule has 0 bridgehead atoms. The van der Waals surface area contributed by atoms with Gasteiger partial charge >= 0.3 is 0 Å². The van der Waals surface area contributed by atoms with Crippen LogP contribution in [0.2, 0.25) is 0 Å². The molecule has 220 valence electrons. The molecule has 0 saturated heterocycles. The Hall–Kier alpha value is -5.18. The number of benzene rings is 8. The molecule has 0 saturated carbocycles. The number of fused-ring (bicyclic) bond motifs is 8. The van der Waals surface area contributed by atoms with Crippen LogP contribution < -0.4 is 0 Å². The van der Waals surface area contributed by atoms with Crippen molar-refractivity contribution in [1.82, 2.24) is 0 Å². The number of ketones is 1. The van der Waals surface area contributed by atoms with Gasteiger partial charge in [0.05, 0.1) is 0 Å². The second kappa shape index (κ2) is 10.4. The molecule has 8 aromatic rings. The van der Waals surface area contributed by atoms with E-state index in [0.29, 0.717) is 0 Å². The number of hydrogen-bond acceptors (Lipinski definition) is 1. The fourth-order valence-corrected chi connectivity index (χ4v) is 7.77. The maximum absolute atomic E-state index is 14.5. The number of hydrogen-bond donors (Lipinski definition) is 0. The summed E-state index contributed by atoms with van der Waals surface area (Å²) in [7, 11) is 0. The first-order chi connectivity index (χ1) is 22.0. The van der Waals surface area contributed by atoms with Crippen molar-refractivity contribution in [2.45, 2.75) is 19.3 Å². The predicted octanol–water partition coefficient (Wildman–Crippen LogP) is 11.6. The lowest BCUT2D eigenvalue weighted by molar-refractivity contribution is 0.103. The van der Waals surface area contributed by atoms with Crippen molar-refractivity contribution in [1.29, 1.82) is 0 Å². The van der Waals surface area contributed by atoms with Gasteiger partial charge in [0.1, 0.15) is 0 Å². The number of rotatable bonds is 2. The SMILES string of the molecule is CC1(C)c2ccc(-c3cc4ccccc4c4ccccc34)cc2C(=O)c2cc(-c3cc4ccccc4c4ccccc34)ccc21.S. The quantitative estimate of drug-likeness (QED) is 0.178. The van der Waals surface area contributed by atoms with Gasteiger partial charge in [-0.05, 0) is 101 Å². The molecule has 46 heavy (non-hydrogen) atoms. The molecular formula is C44H32OS. The van der Waals surface area contributed by atoms with Gasteiger partial charge in [0.25, 0.3) is 0 Å². The van der Waals surface area contributed by atoms with Crippen molar-refractivity contribution in [2.24, 2.45) is 0 Å². The molecule has 0 fully saturated rings. The minimum Gasteiger partial charge on any atom is -0.289 e. The fourth-order valence-electron chi connectivity index (χ4n) is 7.77. The van der Waals surface area contributed by atoms with Crippen LogP contribution >= 0.6 is 13.5 Å². The van der Waals surface area contributed by atoms with Crippen LogP contribution in [0.3, 0.4) is 0 Å². The Balaban J connectivity index is 0.00000312. The van der Waals surface area contributed by atoms with Crippen LogP contribution in [0.4, 0.5) is 0 Å². The largest absolute Gasteiger partial charge is 0.289 e. The first kappa shape index (κ1) is 28.3. The summed E-state index contributed by atoms with van der Waals surface area (Å²) in [6.07, 6.45) is 0. The van der Waals surface area contributed by atoms with E-state index in [0.717, 1.165) is 44.5 Å². The molecule has 0 amide bonds. The third-order valence-corrected chi connectivity index (χ3v) is 10.0. The molecule has 8 aromatic carbocycles. The van der Waals surface area contributed by atoms with Gasteiger partial charge in [-0.1, -0.05) is 135 Å². The molecule has 9 rings (SSSR count). The Labute approximate surface area is 275 Å². The molecular weight excluding hydrogens is 577 g/mol. The van der Waals surface area contributed by atoms with E-state index in [1.807, 2.05) is 0 Å². The van der Waals surface area contributed by atoms with E-state index in [2.05, 4.69) is 159 Å². The van der Waals surface area contributed by atoms with E-state index >= 15 is 0 Å². The maximum atomic E-state index is 14.5. The molecule has 2 heteroatoms. The zero-order chi connectivity index (χ0) is 30.3. The Bertz CT molecular complexity index is 2360. The van der Waals surface area contributed by atoms with Gasteiger partial charge in [0.2, 0.25) is 0 Å². The smallest absolute Gasteiger partial charge is 0.193 e. The molecule has 1 nitrogen and oxygen atoms in total. The molecule has 1 aliphatic rings. The van der Waals surface area contributed by atoms with Crippen LogP contribution in [0.15, 0.2) is 146 Å². The van der Waals surface area contributed by atoms with Gasteiger partial charge in [0, 0.05) is 16.5 Å². The Kier molecular flexibility index (Phi) is 6.42. The molecule has 0 N–H and O–H groups in total. The summed E-state index contributed by atoms with van der Waals surface area (Å²) in [5.74, 6) is 0.0956. The lowest BCUT2D eigenvalue weighted by Crippen LogP contribution is -2.30. The van der Waals surface area contributed by atoms with Crippen molar-refractivity contribution < 1.29 is 4.79 Å². The minimum absolute atomic E-state index is 0. The summed E-state index contributed by atoms with van der Waals surface area (Å²) in [5, 5.41) is 9.75. The van der Waals surface area contributed by atoms with E-state index < -0.39 is 0 Å². The summed E-state index contributed by atoms with van der Waals surface area (Å²) in [4.78, 5) is 14.5. The second-order valence-electron chi connectivity index (χ2n) is 12.9. The number of carbonyl (C=O) groups excluding carboxylic acids is 1. The second-order valence-corrected chi connectivity index (χ2v) is 12.9. The van der Waals surface area contributed by atoms with Crippen LogP contribution in [0.1, 0.15) is 40.9 Å². The van der Waals surface area contributed by atoms with Crippen LogP contribution in [-0.2, 0) is 5.41 Å². The van der Waals surface area contributed by atoms with Gasteiger partial charge in [-0.25, -0.2) is 0 Å². The van der Waals surface area contributed by atoms with Crippen LogP contribution in [0.25, 0.3) is 65.3 Å². The van der Waals surface area contributed by atoms with E-state index in [1.165, 1.54) is 43.1 Å². The highest BCUT2D eigenvalue weighted by Gasteiger charge is 2.37. The first-order valence-corrected chi connectivity index (χ1v) is 15.6. The molecule has 0 radical (unpaired) electrons. The van der Waals surface area contributed by atoms with Crippen LogP contribution in [0.5, 0.6) is 0 Å². The standard InChI is InChI=1S/C44H30O.H2S/c1-44(2)41-21-19-29(37-23-27-11-3-5-13-31(27)33-15-7-9-17-35(33)37)25-39(41)43(45)40-26-30(20-22-42(40)44)38-24-28-12-4-6-14-32(28)34-16-8-10-18-36(34)38;/h3-26H,1-2H3;1H2. The Morgan fingerprint density at radius 1 is 0.391 bits per heavy atom. The van der Waals surface area contributed by atoms with Crippen molar-refractivity contribution in [3.63, 3.8) is 0 Å². The monoisotopic (exact) mass is 608 g/mol. The van der Waals surface area contributed by atoms with Gasteiger partial charge in [-0.2, -0.15) is 13.5 Å². The van der Waals surface area contributed by atoms with Crippen LogP contribution in [0, 0.1) is 0 Å². The maximum Gasteiger partial charge on any atom is 0.193 e. The topological polar surface area (TPSA) is 17.1 Å². The van der Waals surface area contributed by atoms with Crippen molar-refractivity contribution in [2.75, 3.05) is 0 Å². The summed E-state index contributed by atoms with van der Waals surface area (Å²) in [6, 6.07) is 51.9. The zero-order valence-corrected chi connectivity index (χ0v) is 26.8. The average Bonchev–Trinajstić information content (AvgIpc) is 3.09. The zero-order valence-electron chi connectivity index (χ0n) is 25.8. The fraction of sp³-hybridized carbons (Fsp3) is 0.0682. The summed E-state index contributed by atoms with van der Waals surface area (Å²) in [6.45, 7) is 4.49. The van der Waals surface area contributed by atoms with Crippen LogP contribution in [-0.4, -0.2) is 5.78 Å². The Morgan fingerprint density at radius 3 is 1.20 bits per heavy atom. The summed E-state index contributed by atoms with van der Waals surface area (Å²) >= 11 is 0. The predicted molar refractivity (Wildman–Crippen MR) is 200 cm³/mol. The highest BCUT2D eigenvalue weighted by Crippen LogP contribution is 2.45. The highest BCUT2D eigenvalue weighted by atomic mass is 32.1. The molecule has 0 aliphatic heterocycles. The number of carbonyl (C=O) groups is 1. The normalized spacial score (nSPS) is 13.5. The average molecular weight is 609 g/mol. The third kappa shape index (κ3) is 4.07. The lowest BCUT2D eigenvalue weighted by atomic mass is 9.67. The van der Waals surface area contributed by atoms with E-state index in [9.17, 15) is 4.79 Å².